The number of hydrogen-bond acceptors (Lipinski definition) is 3. The minimum Gasteiger partial charge on any atom is -0.497 e. The van der Waals surface area contributed by atoms with Crippen molar-refractivity contribution < 1.29 is 4.74 Å². The van der Waals surface area contributed by atoms with E-state index in [-0.39, 0.29) is 6.04 Å². The maximum absolute atomic E-state index is 6.19. The molecule has 2 unspecified atom stereocenters. The summed E-state index contributed by atoms with van der Waals surface area (Å²) >= 11 is 0. The Balaban J connectivity index is 1.94. The summed E-state index contributed by atoms with van der Waals surface area (Å²) in [6.45, 7) is 1.14. The lowest BCUT2D eigenvalue weighted by molar-refractivity contribution is 0.414. The molecule has 1 aromatic carbocycles. The van der Waals surface area contributed by atoms with Crippen molar-refractivity contribution in [1.82, 2.24) is 5.32 Å². The maximum Gasteiger partial charge on any atom is 0.118 e. The van der Waals surface area contributed by atoms with Crippen LogP contribution in [0.25, 0.3) is 0 Å². The number of hydrogen-bond donors (Lipinski definition) is 2. The van der Waals surface area contributed by atoms with E-state index in [9.17, 15) is 0 Å². The van der Waals surface area contributed by atoms with Crippen LogP contribution in [0.1, 0.15) is 30.9 Å². The van der Waals surface area contributed by atoms with Gasteiger partial charge in [-0.15, -0.1) is 0 Å². The van der Waals surface area contributed by atoms with Crippen LogP contribution in [0.5, 0.6) is 5.75 Å². The topological polar surface area (TPSA) is 47.3 Å². The normalized spacial score (nSPS) is 22.0. The predicted octanol–water partition coefficient (Wildman–Crippen LogP) is 1.84. The molecule has 88 valence electrons. The van der Waals surface area contributed by atoms with E-state index in [0.717, 1.165) is 18.7 Å². The van der Waals surface area contributed by atoms with Gasteiger partial charge < -0.3 is 15.8 Å². The summed E-state index contributed by atoms with van der Waals surface area (Å²) in [4.78, 5) is 0. The highest BCUT2D eigenvalue weighted by atomic mass is 16.5. The largest absolute Gasteiger partial charge is 0.497 e. The van der Waals surface area contributed by atoms with Gasteiger partial charge in [-0.25, -0.2) is 0 Å². The van der Waals surface area contributed by atoms with Crippen molar-refractivity contribution in [2.75, 3.05) is 13.7 Å². The van der Waals surface area contributed by atoms with Gasteiger partial charge in [0, 0.05) is 12.1 Å². The zero-order valence-electron chi connectivity index (χ0n) is 9.78. The number of nitrogens with two attached hydrogens (primary N) is 1. The Hall–Kier alpha value is -1.06. The molecule has 0 aromatic heterocycles. The summed E-state index contributed by atoms with van der Waals surface area (Å²) in [7, 11) is 1.68. The summed E-state index contributed by atoms with van der Waals surface area (Å²) in [6.07, 6.45) is 3.55. The third-order valence-electron chi connectivity index (χ3n) is 3.24. The SMILES string of the molecule is COc1ccc(C(N)CC2CCCN2)cc1. The zero-order chi connectivity index (χ0) is 11.4. The van der Waals surface area contributed by atoms with E-state index in [1.54, 1.807) is 7.11 Å². The van der Waals surface area contributed by atoms with Crippen LogP contribution < -0.4 is 15.8 Å². The van der Waals surface area contributed by atoms with Crippen molar-refractivity contribution in [3.05, 3.63) is 29.8 Å². The molecule has 0 radical (unpaired) electrons. The summed E-state index contributed by atoms with van der Waals surface area (Å²) in [5, 5.41) is 3.48. The van der Waals surface area contributed by atoms with Gasteiger partial charge in [0.2, 0.25) is 0 Å². The van der Waals surface area contributed by atoms with E-state index in [4.69, 9.17) is 10.5 Å². The fourth-order valence-corrected chi connectivity index (χ4v) is 2.25. The van der Waals surface area contributed by atoms with E-state index in [0.29, 0.717) is 6.04 Å². The molecule has 2 rings (SSSR count). The fraction of sp³-hybridized carbons (Fsp3) is 0.538. The van der Waals surface area contributed by atoms with Crippen LogP contribution in [0.2, 0.25) is 0 Å². The van der Waals surface area contributed by atoms with Gasteiger partial charge in [-0.2, -0.15) is 0 Å². The lowest BCUT2D eigenvalue weighted by Gasteiger charge is -2.17. The van der Waals surface area contributed by atoms with Crippen molar-refractivity contribution in [2.24, 2.45) is 5.73 Å². The van der Waals surface area contributed by atoms with Gasteiger partial charge in [-0.05, 0) is 43.5 Å². The van der Waals surface area contributed by atoms with Crippen LogP contribution >= 0.6 is 0 Å². The van der Waals surface area contributed by atoms with Crippen molar-refractivity contribution in [3.8, 4) is 5.75 Å². The first-order chi connectivity index (χ1) is 7.79. The number of rotatable bonds is 4. The maximum atomic E-state index is 6.19. The van der Waals surface area contributed by atoms with Gasteiger partial charge in [-0.1, -0.05) is 12.1 Å². The van der Waals surface area contributed by atoms with Gasteiger partial charge in [0.15, 0.2) is 0 Å². The van der Waals surface area contributed by atoms with E-state index in [2.05, 4.69) is 17.4 Å². The Morgan fingerprint density at radius 2 is 2.19 bits per heavy atom. The second-order valence-electron chi connectivity index (χ2n) is 4.41. The van der Waals surface area contributed by atoms with E-state index >= 15 is 0 Å². The molecule has 1 heterocycles. The van der Waals surface area contributed by atoms with E-state index in [1.165, 1.54) is 18.4 Å². The molecule has 0 saturated carbocycles. The van der Waals surface area contributed by atoms with E-state index in [1.807, 2.05) is 12.1 Å². The third kappa shape index (κ3) is 2.74. The molecule has 1 aromatic rings. The highest BCUT2D eigenvalue weighted by molar-refractivity contribution is 5.29. The van der Waals surface area contributed by atoms with Crippen molar-refractivity contribution in [2.45, 2.75) is 31.3 Å². The van der Waals surface area contributed by atoms with Crippen LogP contribution in [0, 0.1) is 0 Å². The van der Waals surface area contributed by atoms with Gasteiger partial charge >= 0.3 is 0 Å². The molecule has 0 amide bonds. The van der Waals surface area contributed by atoms with E-state index < -0.39 is 0 Å². The van der Waals surface area contributed by atoms with Crippen LogP contribution in [0.3, 0.4) is 0 Å². The molecule has 1 aliphatic rings. The monoisotopic (exact) mass is 220 g/mol. The molecule has 3 nitrogen and oxygen atoms in total. The second kappa shape index (κ2) is 5.32. The molecule has 0 aliphatic carbocycles. The molecular formula is C13H20N2O. The van der Waals surface area contributed by atoms with Crippen LogP contribution in [0.4, 0.5) is 0 Å². The van der Waals surface area contributed by atoms with Gasteiger partial charge in [-0.3, -0.25) is 0 Å². The molecule has 1 aliphatic heterocycles. The number of nitrogens with one attached hydrogen (secondary N) is 1. The van der Waals surface area contributed by atoms with Gasteiger partial charge in [0.1, 0.15) is 5.75 Å². The Kier molecular flexibility index (Phi) is 3.80. The molecule has 3 N–H and O–H groups in total. The van der Waals surface area contributed by atoms with Crippen LogP contribution in [-0.2, 0) is 0 Å². The molecule has 2 atom stereocenters. The number of methoxy groups -OCH3 is 1. The number of ether oxygens (including phenoxy) is 1. The fourth-order valence-electron chi connectivity index (χ4n) is 2.25. The van der Waals surface area contributed by atoms with Crippen molar-refractivity contribution in [3.63, 3.8) is 0 Å². The summed E-state index contributed by atoms with van der Waals surface area (Å²) in [5.41, 5.74) is 7.37. The smallest absolute Gasteiger partial charge is 0.118 e. The standard InChI is InChI=1S/C13H20N2O/c1-16-12-6-4-10(5-7-12)13(14)9-11-3-2-8-15-11/h4-7,11,13,15H,2-3,8-9,14H2,1H3. The lowest BCUT2D eigenvalue weighted by Crippen LogP contribution is -2.26. The highest BCUT2D eigenvalue weighted by Crippen LogP contribution is 2.22. The van der Waals surface area contributed by atoms with Gasteiger partial charge in [0.05, 0.1) is 7.11 Å². The summed E-state index contributed by atoms with van der Waals surface area (Å²) in [6, 6.07) is 8.77. The summed E-state index contributed by atoms with van der Waals surface area (Å²) < 4.78 is 5.13. The quantitative estimate of drug-likeness (QED) is 0.814. The highest BCUT2D eigenvalue weighted by Gasteiger charge is 2.18. The molecule has 1 saturated heterocycles. The Morgan fingerprint density at radius 1 is 1.44 bits per heavy atom. The zero-order valence-corrected chi connectivity index (χ0v) is 9.78. The van der Waals surface area contributed by atoms with Crippen LogP contribution in [0.15, 0.2) is 24.3 Å². The Bertz CT molecular complexity index is 317. The van der Waals surface area contributed by atoms with Gasteiger partial charge in [0.25, 0.3) is 0 Å². The predicted molar refractivity (Wildman–Crippen MR) is 65.6 cm³/mol. The molecule has 3 heteroatoms. The molecule has 0 spiro atoms. The first-order valence-corrected chi connectivity index (χ1v) is 5.92. The first-order valence-electron chi connectivity index (χ1n) is 5.92. The molecule has 0 bridgehead atoms. The minimum absolute atomic E-state index is 0.126. The van der Waals surface area contributed by atoms with Crippen molar-refractivity contribution >= 4 is 0 Å². The average molecular weight is 220 g/mol. The Labute approximate surface area is 97.0 Å². The third-order valence-corrected chi connectivity index (χ3v) is 3.24. The molecule has 16 heavy (non-hydrogen) atoms. The Morgan fingerprint density at radius 3 is 2.75 bits per heavy atom. The number of benzene rings is 1. The minimum atomic E-state index is 0.126. The second-order valence-corrected chi connectivity index (χ2v) is 4.41. The summed E-state index contributed by atoms with van der Waals surface area (Å²) in [5.74, 6) is 0.884. The first kappa shape index (κ1) is 11.4. The molecular weight excluding hydrogens is 200 g/mol. The lowest BCUT2D eigenvalue weighted by atomic mass is 9.99. The average Bonchev–Trinajstić information content (AvgIpc) is 2.82. The molecule has 1 fully saturated rings. The van der Waals surface area contributed by atoms with Crippen molar-refractivity contribution in [1.29, 1.82) is 0 Å². The van der Waals surface area contributed by atoms with Crippen LogP contribution in [-0.4, -0.2) is 19.7 Å².